The zero-order valence-corrected chi connectivity index (χ0v) is 11.6. The molecule has 3 rings (SSSR count). The summed E-state index contributed by atoms with van der Waals surface area (Å²) in [5.41, 5.74) is -0.887. The van der Waals surface area contributed by atoms with E-state index in [2.05, 4.69) is 15.2 Å². The van der Waals surface area contributed by atoms with Crippen LogP contribution in [0.2, 0.25) is 0 Å². The normalized spacial score (nSPS) is 14.6. The molecule has 2 aromatic rings. The number of carbonyl (C=O) groups is 1. The van der Waals surface area contributed by atoms with Gasteiger partial charge >= 0.3 is 5.56 Å². The van der Waals surface area contributed by atoms with Crippen LogP contribution in [0.15, 0.2) is 17.4 Å². The summed E-state index contributed by atoms with van der Waals surface area (Å²) in [6.07, 6.45) is 2.76. The SMILES string of the molecule is CC(C)N1CCn2c(-n3cnnc3)nc(=O)c(O)c2C1=O. The van der Waals surface area contributed by atoms with Crippen LogP contribution >= 0.6 is 0 Å². The molecule has 0 bridgehead atoms. The quantitative estimate of drug-likeness (QED) is 0.791. The molecule has 1 N–H and O–H groups in total. The summed E-state index contributed by atoms with van der Waals surface area (Å²) in [6, 6.07) is -0.0210. The second kappa shape index (κ2) is 4.69. The fourth-order valence-corrected chi connectivity index (χ4v) is 2.40. The first-order valence-electron chi connectivity index (χ1n) is 6.50. The van der Waals surface area contributed by atoms with Gasteiger partial charge in [-0.3, -0.25) is 14.2 Å². The van der Waals surface area contributed by atoms with Gasteiger partial charge < -0.3 is 14.6 Å². The fourth-order valence-electron chi connectivity index (χ4n) is 2.40. The molecular weight excluding hydrogens is 276 g/mol. The van der Waals surface area contributed by atoms with Crippen molar-refractivity contribution < 1.29 is 9.90 Å². The van der Waals surface area contributed by atoms with Gasteiger partial charge in [0.25, 0.3) is 5.91 Å². The molecule has 0 spiro atoms. The first kappa shape index (κ1) is 13.3. The number of carbonyl (C=O) groups excluding carboxylic acids is 1. The summed E-state index contributed by atoms with van der Waals surface area (Å²) in [5, 5.41) is 17.3. The Bertz CT molecular complexity index is 749. The lowest BCUT2D eigenvalue weighted by Gasteiger charge is -2.33. The van der Waals surface area contributed by atoms with Crippen LogP contribution in [0.3, 0.4) is 0 Å². The Hall–Kier alpha value is -2.71. The van der Waals surface area contributed by atoms with Crippen LogP contribution in [-0.4, -0.2) is 52.8 Å². The minimum Gasteiger partial charge on any atom is -0.501 e. The van der Waals surface area contributed by atoms with Gasteiger partial charge in [-0.25, -0.2) is 0 Å². The van der Waals surface area contributed by atoms with Gasteiger partial charge in [0.2, 0.25) is 11.7 Å². The number of amides is 1. The molecule has 1 aliphatic rings. The average molecular weight is 290 g/mol. The minimum atomic E-state index is -0.844. The van der Waals surface area contributed by atoms with Crippen molar-refractivity contribution in [3.8, 4) is 11.7 Å². The lowest BCUT2D eigenvalue weighted by molar-refractivity contribution is 0.0640. The highest BCUT2D eigenvalue weighted by Gasteiger charge is 2.32. The molecule has 1 amide bonds. The fraction of sp³-hybridized carbons (Fsp3) is 0.417. The monoisotopic (exact) mass is 290 g/mol. The van der Waals surface area contributed by atoms with Crippen LogP contribution in [0.5, 0.6) is 5.75 Å². The molecule has 3 heterocycles. The van der Waals surface area contributed by atoms with Gasteiger partial charge in [-0.05, 0) is 13.8 Å². The van der Waals surface area contributed by atoms with E-state index in [1.165, 1.54) is 21.8 Å². The Morgan fingerprint density at radius 1 is 1.19 bits per heavy atom. The molecule has 0 atom stereocenters. The van der Waals surface area contributed by atoms with Crippen molar-refractivity contribution in [1.29, 1.82) is 0 Å². The molecule has 0 saturated carbocycles. The Morgan fingerprint density at radius 2 is 1.86 bits per heavy atom. The largest absolute Gasteiger partial charge is 0.501 e. The molecule has 110 valence electrons. The predicted octanol–water partition coefficient (Wildman–Crippen LogP) is -0.606. The molecule has 0 aliphatic carbocycles. The maximum absolute atomic E-state index is 12.5. The van der Waals surface area contributed by atoms with E-state index >= 15 is 0 Å². The lowest BCUT2D eigenvalue weighted by atomic mass is 10.2. The third kappa shape index (κ3) is 1.97. The standard InChI is InChI=1S/C12H14N6O3/c1-7(2)17-3-4-18-8(11(17)21)9(19)10(20)15-12(18)16-5-13-14-6-16/h5-7,19H,3-4H2,1-2H3. The summed E-state index contributed by atoms with van der Waals surface area (Å²) < 4.78 is 2.95. The van der Waals surface area contributed by atoms with E-state index in [0.29, 0.717) is 13.1 Å². The van der Waals surface area contributed by atoms with E-state index in [-0.39, 0.29) is 23.6 Å². The molecule has 9 heteroatoms. The van der Waals surface area contributed by atoms with Crippen molar-refractivity contribution in [3.63, 3.8) is 0 Å². The zero-order valence-electron chi connectivity index (χ0n) is 11.6. The number of hydrogen-bond donors (Lipinski definition) is 1. The number of aromatic hydroxyl groups is 1. The Kier molecular flexibility index (Phi) is 2.96. The number of aromatic nitrogens is 5. The Morgan fingerprint density at radius 3 is 2.48 bits per heavy atom. The predicted molar refractivity (Wildman–Crippen MR) is 71.3 cm³/mol. The van der Waals surface area contributed by atoms with Gasteiger partial charge in [0.05, 0.1) is 0 Å². The minimum absolute atomic E-state index is 0.0210. The lowest BCUT2D eigenvalue weighted by Crippen LogP contribution is -2.46. The van der Waals surface area contributed by atoms with Gasteiger partial charge in [0.15, 0.2) is 5.69 Å². The third-order valence-corrected chi connectivity index (χ3v) is 3.44. The van der Waals surface area contributed by atoms with Crippen molar-refractivity contribution in [2.45, 2.75) is 26.4 Å². The highest BCUT2D eigenvalue weighted by Crippen LogP contribution is 2.22. The van der Waals surface area contributed by atoms with Crippen LogP contribution in [0.1, 0.15) is 24.3 Å². The van der Waals surface area contributed by atoms with Crippen LogP contribution in [0.25, 0.3) is 5.95 Å². The number of nitrogens with zero attached hydrogens (tertiary/aromatic N) is 6. The summed E-state index contributed by atoms with van der Waals surface area (Å²) >= 11 is 0. The highest BCUT2D eigenvalue weighted by molar-refractivity contribution is 5.96. The maximum atomic E-state index is 12.5. The smallest absolute Gasteiger partial charge is 0.317 e. The summed E-state index contributed by atoms with van der Waals surface area (Å²) in [6.45, 7) is 4.66. The first-order chi connectivity index (χ1) is 10.0. The van der Waals surface area contributed by atoms with Crippen molar-refractivity contribution in [3.05, 3.63) is 28.7 Å². The highest BCUT2D eigenvalue weighted by atomic mass is 16.3. The zero-order chi connectivity index (χ0) is 15.1. The Labute approximate surface area is 119 Å². The second-order valence-corrected chi connectivity index (χ2v) is 5.03. The van der Waals surface area contributed by atoms with Crippen molar-refractivity contribution in [2.75, 3.05) is 6.54 Å². The van der Waals surface area contributed by atoms with Crippen LogP contribution in [-0.2, 0) is 6.54 Å². The molecule has 0 aromatic carbocycles. The summed E-state index contributed by atoms with van der Waals surface area (Å²) in [5.74, 6) is -0.792. The van der Waals surface area contributed by atoms with E-state index in [0.717, 1.165) is 0 Å². The molecule has 0 fully saturated rings. The number of hydrogen-bond acceptors (Lipinski definition) is 6. The van der Waals surface area contributed by atoms with Gasteiger partial charge in [-0.2, -0.15) is 4.98 Å². The van der Waals surface area contributed by atoms with Crippen molar-refractivity contribution >= 4 is 5.91 Å². The topological polar surface area (TPSA) is 106 Å². The first-order valence-corrected chi connectivity index (χ1v) is 6.50. The van der Waals surface area contributed by atoms with Crippen LogP contribution in [0.4, 0.5) is 0 Å². The van der Waals surface area contributed by atoms with E-state index < -0.39 is 11.3 Å². The third-order valence-electron chi connectivity index (χ3n) is 3.44. The summed E-state index contributed by atoms with van der Waals surface area (Å²) in [7, 11) is 0. The number of rotatable bonds is 2. The molecule has 1 aliphatic heterocycles. The van der Waals surface area contributed by atoms with E-state index in [9.17, 15) is 14.7 Å². The van der Waals surface area contributed by atoms with Gasteiger partial charge in [0, 0.05) is 19.1 Å². The van der Waals surface area contributed by atoms with Gasteiger partial charge in [-0.15, -0.1) is 10.2 Å². The van der Waals surface area contributed by atoms with Gasteiger partial charge in [0.1, 0.15) is 12.7 Å². The van der Waals surface area contributed by atoms with Crippen molar-refractivity contribution in [2.24, 2.45) is 0 Å². The van der Waals surface area contributed by atoms with Crippen molar-refractivity contribution in [1.82, 2.24) is 29.2 Å². The van der Waals surface area contributed by atoms with E-state index in [1.54, 1.807) is 4.90 Å². The molecule has 0 saturated heterocycles. The van der Waals surface area contributed by atoms with Crippen LogP contribution < -0.4 is 5.56 Å². The number of fused-ring (bicyclic) bond motifs is 1. The molecule has 2 aromatic heterocycles. The summed E-state index contributed by atoms with van der Waals surface area (Å²) in [4.78, 5) is 29.7. The van der Waals surface area contributed by atoms with Crippen LogP contribution in [0, 0.1) is 0 Å². The molecular formula is C12H14N6O3. The second-order valence-electron chi connectivity index (χ2n) is 5.03. The molecule has 9 nitrogen and oxygen atoms in total. The van der Waals surface area contributed by atoms with E-state index in [1.807, 2.05) is 13.8 Å². The maximum Gasteiger partial charge on any atom is 0.317 e. The van der Waals surface area contributed by atoms with E-state index in [4.69, 9.17) is 0 Å². The molecule has 21 heavy (non-hydrogen) atoms. The molecule has 0 unspecified atom stereocenters. The average Bonchev–Trinajstić information content (AvgIpc) is 2.96. The Balaban J connectivity index is 2.24. The molecule has 0 radical (unpaired) electrons. The van der Waals surface area contributed by atoms with Gasteiger partial charge in [-0.1, -0.05) is 0 Å².